The largest absolute Gasteiger partial charge is 0.368 e. The van der Waals surface area contributed by atoms with Crippen molar-refractivity contribution in [2.45, 2.75) is 19.3 Å². The van der Waals surface area contributed by atoms with Crippen LogP contribution in [0.5, 0.6) is 0 Å². The van der Waals surface area contributed by atoms with Crippen molar-refractivity contribution in [1.82, 2.24) is 9.88 Å². The monoisotopic (exact) mass is 313 g/mol. The second-order valence-electron chi connectivity index (χ2n) is 6.12. The van der Waals surface area contributed by atoms with Crippen molar-refractivity contribution in [2.24, 2.45) is 0 Å². The molecule has 0 saturated carbocycles. The van der Waals surface area contributed by atoms with E-state index in [9.17, 15) is 4.39 Å². The van der Waals surface area contributed by atoms with E-state index in [-0.39, 0.29) is 5.82 Å². The zero-order chi connectivity index (χ0) is 15.9. The van der Waals surface area contributed by atoms with Gasteiger partial charge in [0.2, 0.25) is 0 Å². The zero-order valence-corrected chi connectivity index (χ0v) is 13.5. The Balaban J connectivity index is 1.34. The topological polar surface area (TPSA) is 19.4 Å². The van der Waals surface area contributed by atoms with Crippen LogP contribution < -0.4 is 4.90 Å². The highest BCUT2D eigenvalue weighted by atomic mass is 19.1. The van der Waals surface area contributed by atoms with Crippen molar-refractivity contribution in [3.05, 3.63) is 60.2 Å². The lowest BCUT2D eigenvalue weighted by molar-refractivity contribution is 0.253. The number of hydrogen-bond donors (Lipinski definition) is 0. The predicted molar refractivity (Wildman–Crippen MR) is 92.2 cm³/mol. The van der Waals surface area contributed by atoms with Crippen LogP contribution in [0.4, 0.5) is 10.1 Å². The van der Waals surface area contributed by atoms with E-state index >= 15 is 0 Å². The van der Waals surface area contributed by atoms with Crippen molar-refractivity contribution in [2.75, 3.05) is 37.6 Å². The van der Waals surface area contributed by atoms with Gasteiger partial charge < -0.3 is 4.90 Å². The molecule has 1 aliphatic heterocycles. The zero-order valence-electron chi connectivity index (χ0n) is 13.5. The Bertz CT molecular complexity index is 577. The molecule has 0 bridgehead atoms. The van der Waals surface area contributed by atoms with Gasteiger partial charge in [0.25, 0.3) is 0 Å². The summed E-state index contributed by atoms with van der Waals surface area (Å²) in [4.78, 5) is 9.14. The molecule has 3 nitrogen and oxygen atoms in total. The van der Waals surface area contributed by atoms with Crippen LogP contribution in [0.15, 0.2) is 48.8 Å². The third-order valence-corrected chi connectivity index (χ3v) is 4.49. The second kappa shape index (κ2) is 8.06. The molecule has 0 unspecified atom stereocenters. The number of aromatic nitrogens is 1. The molecule has 1 aromatic carbocycles. The summed E-state index contributed by atoms with van der Waals surface area (Å²) in [5, 5.41) is 0. The molecule has 23 heavy (non-hydrogen) atoms. The molecule has 122 valence electrons. The number of piperazine rings is 1. The average molecular weight is 313 g/mol. The van der Waals surface area contributed by atoms with Gasteiger partial charge in [-0.05, 0) is 55.6 Å². The van der Waals surface area contributed by atoms with Gasteiger partial charge in [0.1, 0.15) is 5.82 Å². The Labute approximate surface area is 137 Å². The van der Waals surface area contributed by atoms with Gasteiger partial charge in [0.15, 0.2) is 0 Å². The predicted octanol–water partition coefficient (Wildman–Crippen LogP) is 3.37. The summed E-state index contributed by atoms with van der Waals surface area (Å²) in [5.74, 6) is -0.153. The molecule has 1 saturated heterocycles. The number of benzene rings is 1. The first-order valence-electron chi connectivity index (χ1n) is 8.43. The highest BCUT2D eigenvalue weighted by molar-refractivity contribution is 5.43. The van der Waals surface area contributed by atoms with Crippen LogP contribution in [0.3, 0.4) is 0 Å². The average Bonchev–Trinajstić information content (AvgIpc) is 2.62. The molecule has 1 aromatic heterocycles. The summed E-state index contributed by atoms with van der Waals surface area (Å²) in [7, 11) is 0. The summed E-state index contributed by atoms with van der Waals surface area (Å²) < 4.78 is 12.9. The molecule has 0 radical (unpaired) electrons. The summed E-state index contributed by atoms with van der Waals surface area (Å²) in [6, 6.07) is 11.0. The maximum absolute atomic E-state index is 12.9. The Morgan fingerprint density at radius 2 is 1.74 bits per heavy atom. The molecule has 0 aliphatic carbocycles. The maximum Gasteiger partial charge on any atom is 0.123 e. The Morgan fingerprint density at radius 1 is 0.957 bits per heavy atom. The quantitative estimate of drug-likeness (QED) is 0.762. The third-order valence-electron chi connectivity index (χ3n) is 4.49. The number of unbranched alkanes of at least 4 members (excludes halogenated alkanes) is 1. The number of nitrogens with zero attached hydrogens (tertiary/aromatic N) is 3. The van der Waals surface area contributed by atoms with Crippen molar-refractivity contribution < 1.29 is 4.39 Å². The molecule has 2 aromatic rings. The molecular weight excluding hydrogens is 289 g/mol. The van der Waals surface area contributed by atoms with Crippen LogP contribution in [-0.4, -0.2) is 42.6 Å². The summed E-state index contributed by atoms with van der Waals surface area (Å²) in [6.45, 7) is 5.53. The number of anilines is 1. The van der Waals surface area contributed by atoms with E-state index in [0.29, 0.717) is 0 Å². The molecule has 3 rings (SSSR count). The van der Waals surface area contributed by atoms with Crippen molar-refractivity contribution in [1.29, 1.82) is 0 Å². The lowest BCUT2D eigenvalue weighted by Gasteiger charge is -2.35. The molecular formula is C19H24FN3. The van der Waals surface area contributed by atoms with Gasteiger partial charge in [-0.25, -0.2) is 4.39 Å². The SMILES string of the molecule is Fc1ccc(CCCCN2CCN(c3cccnc3)CC2)cc1. The Hall–Kier alpha value is -1.94. The highest BCUT2D eigenvalue weighted by Crippen LogP contribution is 2.15. The van der Waals surface area contributed by atoms with Crippen LogP contribution in [-0.2, 0) is 6.42 Å². The minimum absolute atomic E-state index is 0.153. The van der Waals surface area contributed by atoms with Crippen LogP contribution in [0.1, 0.15) is 18.4 Å². The van der Waals surface area contributed by atoms with Crippen molar-refractivity contribution in [3.8, 4) is 0 Å². The van der Waals surface area contributed by atoms with Gasteiger partial charge in [-0.1, -0.05) is 12.1 Å². The van der Waals surface area contributed by atoms with Crippen LogP contribution >= 0.6 is 0 Å². The Kier molecular flexibility index (Phi) is 5.59. The van der Waals surface area contributed by atoms with Gasteiger partial charge in [-0.15, -0.1) is 0 Å². The minimum atomic E-state index is -0.153. The molecule has 0 amide bonds. The molecule has 0 atom stereocenters. The smallest absolute Gasteiger partial charge is 0.123 e. The van der Waals surface area contributed by atoms with E-state index in [1.807, 2.05) is 30.6 Å². The second-order valence-corrected chi connectivity index (χ2v) is 6.12. The maximum atomic E-state index is 12.9. The third kappa shape index (κ3) is 4.76. The molecule has 0 N–H and O–H groups in total. The number of hydrogen-bond acceptors (Lipinski definition) is 3. The van der Waals surface area contributed by atoms with Crippen LogP contribution in [0.2, 0.25) is 0 Å². The fourth-order valence-electron chi connectivity index (χ4n) is 3.09. The number of halogens is 1. The van der Waals surface area contributed by atoms with Gasteiger partial charge in [0, 0.05) is 32.4 Å². The molecule has 1 fully saturated rings. The fourth-order valence-corrected chi connectivity index (χ4v) is 3.09. The van der Waals surface area contributed by atoms with E-state index in [1.165, 1.54) is 17.7 Å². The standard InChI is InChI=1S/C19H24FN3/c20-18-8-6-17(7-9-18)4-1-2-11-22-12-14-23(15-13-22)19-5-3-10-21-16-19/h3,5-10,16H,1-2,4,11-15H2. The highest BCUT2D eigenvalue weighted by Gasteiger charge is 2.16. The lowest BCUT2D eigenvalue weighted by atomic mass is 10.1. The Morgan fingerprint density at radius 3 is 2.43 bits per heavy atom. The fraction of sp³-hybridized carbons (Fsp3) is 0.421. The number of rotatable bonds is 6. The van der Waals surface area contributed by atoms with Gasteiger partial charge >= 0.3 is 0 Å². The van der Waals surface area contributed by atoms with Crippen molar-refractivity contribution >= 4 is 5.69 Å². The molecule has 2 heterocycles. The molecule has 4 heteroatoms. The summed E-state index contributed by atoms with van der Waals surface area (Å²) in [5.41, 5.74) is 2.45. The van der Waals surface area contributed by atoms with E-state index in [0.717, 1.165) is 45.6 Å². The number of aryl methyl sites for hydroxylation is 1. The minimum Gasteiger partial charge on any atom is -0.368 e. The van der Waals surface area contributed by atoms with Gasteiger partial charge in [-0.2, -0.15) is 0 Å². The molecule has 0 spiro atoms. The first-order valence-corrected chi connectivity index (χ1v) is 8.43. The van der Waals surface area contributed by atoms with Crippen molar-refractivity contribution in [3.63, 3.8) is 0 Å². The van der Waals surface area contributed by atoms with Crippen LogP contribution in [0.25, 0.3) is 0 Å². The van der Waals surface area contributed by atoms with Gasteiger partial charge in [0.05, 0.1) is 11.9 Å². The van der Waals surface area contributed by atoms with E-state index in [1.54, 1.807) is 12.1 Å². The van der Waals surface area contributed by atoms with E-state index in [4.69, 9.17) is 0 Å². The van der Waals surface area contributed by atoms with Gasteiger partial charge in [-0.3, -0.25) is 9.88 Å². The van der Waals surface area contributed by atoms with E-state index in [2.05, 4.69) is 20.9 Å². The van der Waals surface area contributed by atoms with E-state index < -0.39 is 0 Å². The van der Waals surface area contributed by atoms with Crippen LogP contribution in [0, 0.1) is 5.82 Å². The summed E-state index contributed by atoms with van der Waals surface area (Å²) in [6.07, 6.45) is 7.16. The number of pyridine rings is 1. The first kappa shape index (κ1) is 15.9. The first-order chi connectivity index (χ1) is 11.3. The molecule has 1 aliphatic rings. The summed E-state index contributed by atoms with van der Waals surface area (Å²) >= 11 is 0. The lowest BCUT2D eigenvalue weighted by Crippen LogP contribution is -2.46. The normalized spacial score (nSPS) is 15.8.